The van der Waals surface area contributed by atoms with E-state index in [9.17, 15) is 18.0 Å². The number of rotatable bonds is 7. The van der Waals surface area contributed by atoms with Gasteiger partial charge in [-0.3, -0.25) is 14.5 Å². The molecule has 7 nitrogen and oxygen atoms in total. The smallest absolute Gasteiger partial charge is 0.408 e. The Bertz CT molecular complexity index is 973. The van der Waals surface area contributed by atoms with Gasteiger partial charge < -0.3 is 9.47 Å². The molecule has 0 aliphatic rings. The molecule has 0 bridgehead atoms. The number of alkyl halides is 3. The van der Waals surface area contributed by atoms with E-state index in [1.807, 2.05) is 0 Å². The lowest BCUT2D eigenvalue weighted by molar-refractivity contribution is -0.142. The van der Waals surface area contributed by atoms with Crippen molar-refractivity contribution in [2.75, 3.05) is 7.11 Å². The predicted octanol–water partition coefficient (Wildman–Crippen LogP) is 3.30. The molecule has 0 aliphatic heterocycles. The summed E-state index contributed by atoms with van der Waals surface area (Å²) in [5.41, 5.74) is 1.27. The Hall–Kier alpha value is -3.43. The first kappa shape index (κ1) is 19.3. The molecule has 0 fully saturated rings. The fourth-order valence-electron chi connectivity index (χ4n) is 2.53. The molecule has 3 heterocycles. The minimum Gasteiger partial charge on any atom is -0.486 e. The molecule has 0 N–H and O–H groups in total. The van der Waals surface area contributed by atoms with Gasteiger partial charge in [-0.25, -0.2) is 4.98 Å². The van der Waals surface area contributed by atoms with E-state index in [1.54, 1.807) is 12.1 Å². The van der Waals surface area contributed by atoms with Crippen molar-refractivity contribution >= 4 is 6.29 Å². The zero-order valence-corrected chi connectivity index (χ0v) is 14.7. The first-order chi connectivity index (χ1) is 13.4. The molecule has 0 saturated carbocycles. The molecule has 0 radical (unpaired) electrons. The van der Waals surface area contributed by atoms with Crippen LogP contribution in [0.25, 0.3) is 11.4 Å². The second kappa shape index (κ2) is 8.07. The molecule has 3 aromatic heterocycles. The van der Waals surface area contributed by atoms with Crippen molar-refractivity contribution in [2.45, 2.75) is 19.3 Å². The second-order valence-electron chi connectivity index (χ2n) is 5.67. The third kappa shape index (κ3) is 4.45. The molecule has 0 spiro atoms. The number of halogens is 3. The van der Waals surface area contributed by atoms with Crippen molar-refractivity contribution in [3.8, 4) is 23.0 Å². The highest BCUT2D eigenvalue weighted by Gasteiger charge is 2.30. The molecule has 0 saturated heterocycles. The molecule has 0 unspecified atom stereocenters. The number of ether oxygens (including phenoxy) is 2. The maximum absolute atomic E-state index is 12.8. The zero-order valence-electron chi connectivity index (χ0n) is 14.7. The van der Waals surface area contributed by atoms with Crippen LogP contribution in [0.2, 0.25) is 0 Å². The molecule has 3 rings (SSSR count). The summed E-state index contributed by atoms with van der Waals surface area (Å²) in [6, 6.07) is 6.18. The van der Waals surface area contributed by atoms with E-state index in [1.165, 1.54) is 37.8 Å². The fourth-order valence-corrected chi connectivity index (χ4v) is 2.53. The van der Waals surface area contributed by atoms with Crippen molar-refractivity contribution in [1.82, 2.24) is 19.7 Å². The first-order valence-corrected chi connectivity index (χ1v) is 8.06. The molecule has 0 aromatic carbocycles. The van der Waals surface area contributed by atoms with Crippen molar-refractivity contribution in [2.24, 2.45) is 0 Å². The van der Waals surface area contributed by atoms with Crippen LogP contribution in [0.1, 0.15) is 15.9 Å². The lowest BCUT2D eigenvalue weighted by Gasteiger charge is -2.14. The summed E-state index contributed by atoms with van der Waals surface area (Å²) in [6.45, 7) is -1.26. The number of pyridine rings is 2. The molecule has 0 aliphatic carbocycles. The summed E-state index contributed by atoms with van der Waals surface area (Å²) < 4.78 is 49.8. The van der Waals surface area contributed by atoms with E-state index >= 15 is 0 Å². The van der Waals surface area contributed by atoms with Crippen LogP contribution < -0.4 is 9.47 Å². The summed E-state index contributed by atoms with van der Waals surface area (Å²) in [5, 5.41) is 3.73. The lowest BCUT2D eigenvalue weighted by Crippen LogP contribution is -2.19. The molecular formula is C18H15F3N4O3. The van der Waals surface area contributed by atoms with Gasteiger partial charge in [-0.1, -0.05) is 6.07 Å². The summed E-state index contributed by atoms with van der Waals surface area (Å²) in [6.07, 6.45) is 0.266. The summed E-state index contributed by atoms with van der Waals surface area (Å²) in [5.74, 6) is 0.474. The van der Waals surface area contributed by atoms with Crippen LogP contribution >= 0.6 is 0 Å². The van der Waals surface area contributed by atoms with Gasteiger partial charge in [0, 0.05) is 24.0 Å². The van der Waals surface area contributed by atoms with E-state index in [0.717, 1.165) is 4.68 Å². The van der Waals surface area contributed by atoms with Crippen molar-refractivity contribution in [3.63, 3.8) is 0 Å². The minimum absolute atomic E-state index is 0.0325. The third-order valence-corrected chi connectivity index (χ3v) is 3.77. The average Bonchev–Trinajstić information content (AvgIpc) is 3.12. The standard InChI is InChI=1S/C18H15F3N4O3/c1-27-16-7-13(9-26)15(8-23-16)28-10-12-3-2-5-22-17(12)14-4-6-24-25(14)11-18(19,20)21/h2-9H,10-11H2,1H3. The third-order valence-electron chi connectivity index (χ3n) is 3.77. The minimum atomic E-state index is -4.42. The summed E-state index contributed by atoms with van der Waals surface area (Å²) in [7, 11) is 1.42. The number of aldehydes is 1. The lowest BCUT2D eigenvalue weighted by atomic mass is 10.1. The number of carbonyl (C=O) groups excluding carboxylic acids is 1. The predicted molar refractivity (Wildman–Crippen MR) is 92.0 cm³/mol. The van der Waals surface area contributed by atoms with Crippen LogP contribution in [-0.2, 0) is 13.2 Å². The van der Waals surface area contributed by atoms with Gasteiger partial charge in [-0.2, -0.15) is 18.3 Å². The van der Waals surface area contributed by atoms with Gasteiger partial charge in [0.05, 0.1) is 30.3 Å². The van der Waals surface area contributed by atoms with Gasteiger partial charge in [0.15, 0.2) is 6.29 Å². The summed E-state index contributed by atoms with van der Waals surface area (Å²) >= 11 is 0. The Morgan fingerprint density at radius 3 is 2.75 bits per heavy atom. The number of nitrogens with zero attached hydrogens (tertiary/aromatic N) is 4. The molecule has 146 valence electrons. The molecule has 3 aromatic rings. The maximum atomic E-state index is 12.8. The van der Waals surface area contributed by atoms with E-state index < -0.39 is 12.7 Å². The Morgan fingerprint density at radius 2 is 2.04 bits per heavy atom. The Kier molecular flexibility index (Phi) is 5.57. The number of carbonyl (C=O) groups is 1. The van der Waals surface area contributed by atoms with Gasteiger partial charge in [0.1, 0.15) is 18.9 Å². The topological polar surface area (TPSA) is 79.1 Å². The van der Waals surface area contributed by atoms with E-state index in [-0.39, 0.29) is 29.5 Å². The highest BCUT2D eigenvalue weighted by molar-refractivity contribution is 5.79. The Labute approximate surface area is 157 Å². The fraction of sp³-hybridized carbons (Fsp3) is 0.222. The highest BCUT2D eigenvalue weighted by Crippen LogP contribution is 2.27. The van der Waals surface area contributed by atoms with Crippen LogP contribution in [0.5, 0.6) is 11.6 Å². The van der Waals surface area contributed by atoms with E-state index in [0.29, 0.717) is 17.5 Å². The molecule has 0 amide bonds. The first-order valence-electron chi connectivity index (χ1n) is 8.06. The van der Waals surface area contributed by atoms with E-state index in [4.69, 9.17) is 9.47 Å². The molecular weight excluding hydrogens is 377 g/mol. The Morgan fingerprint density at radius 1 is 1.21 bits per heavy atom. The van der Waals surface area contributed by atoms with Gasteiger partial charge in [0.25, 0.3) is 0 Å². The van der Waals surface area contributed by atoms with Crippen LogP contribution in [0.3, 0.4) is 0 Å². The normalized spacial score (nSPS) is 11.3. The van der Waals surface area contributed by atoms with Crippen LogP contribution in [0.15, 0.2) is 42.9 Å². The van der Waals surface area contributed by atoms with Crippen LogP contribution in [-0.4, -0.2) is 39.3 Å². The zero-order chi connectivity index (χ0) is 20.1. The SMILES string of the molecule is COc1cc(C=O)c(OCc2cccnc2-c2ccnn2CC(F)(F)F)cn1. The van der Waals surface area contributed by atoms with Gasteiger partial charge in [0.2, 0.25) is 5.88 Å². The monoisotopic (exact) mass is 392 g/mol. The van der Waals surface area contributed by atoms with Crippen molar-refractivity contribution in [3.05, 3.63) is 54.0 Å². The maximum Gasteiger partial charge on any atom is 0.408 e. The molecule has 28 heavy (non-hydrogen) atoms. The quantitative estimate of drug-likeness (QED) is 0.574. The van der Waals surface area contributed by atoms with Crippen LogP contribution in [0, 0.1) is 0 Å². The number of aromatic nitrogens is 4. The molecule has 0 atom stereocenters. The van der Waals surface area contributed by atoms with Crippen molar-refractivity contribution in [1.29, 1.82) is 0 Å². The Balaban J connectivity index is 1.87. The van der Waals surface area contributed by atoms with Crippen molar-refractivity contribution < 1.29 is 27.4 Å². The van der Waals surface area contributed by atoms with Gasteiger partial charge in [-0.15, -0.1) is 0 Å². The van der Waals surface area contributed by atoms with Crippen LogP contribution in [0.4, 0.5) is 13.2 Å². The number of methoxy groups -OCH3 is 1. The molecule has 10 heteroatoms. The average molecular weight is 392 g/mol. The number of hydrogen-bond donors (Lipinski definition) is 0. The summed E-state index contributed by atoms with van der Waals surface area (Å²) in [4.78, 5) is 19.4. The number of hydrogen-bond acceptors (Lipinski definition) is 6. The highest BCUT2D eigenvalue weighted by atomic mass is 19.4. The van der Waals surface area contributed by atoms with Gasteiger partial charge >= 0.3 is 6.18 Å². The van der Waals surface area contributed by atoms with E-state index in [2.05, 4.69) is 15.1 Å². The van der Waals surface area contributed by atoms with Gasteiger partial charge in [-0.05, 0) is 12.1 Å². The largest absolute Gasteiger partial charge is 0.486 e. The second-order valence-corrected chi connectivity index (χ2v) is 5.67.